The molecule has 0 amide bonds. The Balaban J connectivity index is 1.11. The van der Waals surface area contributed by atoms with E-state index in [9.17, 15) is 0 Å². The number of rotatable bonds is 7. The van der Waals surface area contributed by atoms with Crippen LogP contribution in [-0.2, 0) is 21.7 Å². The van der Waals surface area contributed by atoms with E-state index >= 15 is 0 Å². The van der Waals surface area contributed by atoms with Gasteiger partial charge in [0.25, 0.3) is 0 Å². The SMILES string of the molecule is CC(C)(C)c1ccc(N(c2ccc(C(C)(C)C)cc2)c2ccc3c(c2)N(c2ccc(C(C)(C)C)cc2)c2cccc4c2B3c2[se]c3cc(-c5ccccc5-c5ccccc5)ccc3c2N4c2ccc(C(C)(C)C)cc2)cc1. The van der Waals surface area contributed by atoms with E-state index in [1.54, 1.807) is 0 Å². The molecule has 3 nitrogen and oxygen atoms in total. The fourth-order valence-electron chi connectivity index (χ4n) is 11.7. The summed E-state index contributed by atoms with van der Waals surface area (Å²) in [6.45, 7) is 27.6. The molecule has 1 aromatic heterocycles. The third-order valence-electron chi connectivity index (χ3n) is 16.1. The van der Waals surface area contributed by atoms with Gasteiger partial charge in [-0.2, -0.15) is 0 Å². The summed E-state index contributed by atoms with van der Waals surface area (Å²) in [7, 11) is 0. The molecule has 0 radical (unpaired) electrons. The van der Waals surface area contributed by atoms with Gasteiger partial charge < -0.3 is 0 Å². The molecule has 3 heterocycles. The molecule has 0 bridgehead atoms. The van der Waals surface area contributed by atoms with Crippen molar-refractivity contribution in [2.24, 2.45) is 0 Å². The zero-order chi connectivity index (χ0) is 53.8. The average molecular weight is 1070 g/mol. The fourth-order valence-corrected chi connectivity index (χ4v) is 14.6. The van der Waals surface area contributed by atoms with Crippen LogP contribution < -0.4 is 30.0 Å². The second-order valence-electron chi connectivity index (χ2n) is 25.5. The van der Waals surface area contributed by atoms with Crippen molar-refractivity contribution in [1.82, 2.24) is 0 Å². The van der Waals surface area contributed by atoms with Gasteiger partial charge in [-0.25, -0.2) is 0 Å². The molecule has 10 aromatic rings. The van der Waals surface area contributed by atoms with E-state index in [0.29, 0.717) is 0 Å². The van der Waals surface area contributed by atoms with Crippen molar-refractivity contribution < 1.29 is 0 Å². The predicted molar refractivity (Wildman–Crippen MR) is 335 cm³/mol. The van der Waals surface area contributed by atoms with Gasteiger partial charge in [-0.1, -0.05) is 41.5 Å². The summed E-state index contributed by atoms with van der Waals surface area (Å²) < 4.78 is 2.93. The summed E-state index contributed by atoms with van der Waals surface area (Å²) in [6, 6.07) is 78.8. The van der Waals surface area contributed by atoms with Crippen LogP contribution in [-0.4, -0.2) is 21.2 Å². The molecule has 0 atom stereocenters. The van der Waals surface area contributed by atoms with Crippen molar-refractivity contribution in [3.05, 3.63) is 229 Å². The number of anilines is 9. The Morgan fingerprint density at radius 2 is 0.831 bits per heavy atom. The van der Waals surface area contributed by atoms with Gasteiger partial charge in [0.15, 0.2) is 0 Å². The van der Waals surface area contributed by atoms with Crippen LogP contribution >= 0.6 is 0 Å². The van der Waals surface area contributed by atoms with E-state index in [-0.39, 0.29) is 42.9 Å². The van der Waals surface area contributed by atoms with Gasteiger partial charge in [-0.3, -0.25) is 0 Å². The third kappa shape index (κ3) is 9.06. The number of hydrogen-bond donors (Lipinski definition) is 0. The molecule has 12 rings (SSSR count). The van der Waals surface area contributed by atoms with E-state index in [2.05, 4.69) is 304 Å². The summed E-state index contributed by atoms with van der Waals surface area (Å²) in [4.78, 5) is 7.65. The summed E-state index contributed by atoms with van der Waals surface area (Å²) >= 11 is 0.00351. The molecule has 77 heavy (non-hydrogen) atoms. The number of fused-ring (bicyclic) bond motifs is 6. The summed E-state index contributed by atoms with van der Waals surface area (Å²) in [5.41, 5.74) is 23.9. The standard InChI is InChI=1S/C72H70BN3Se/c1-69(2,3)49-26-34-53(35-27-49)74(54-36-28-50(29-37-54)70(4,5)6)57-42-44-61-64(46-57)75(55-38-30-51(31-39-55)71(7,8)9)62-23-18-24-63-66(62)73(61)68-67(76(63)56-40-32-52(33-41-56)72(10,11)12)60-43-25-48(45-65(60)77-68)59-22-17-16-21-58(59)47-19-14-13-15-20-47/h13-46H,1-12H3. The van der Waals surface area contributed by atoms with Crippen LogP contribution in [0.15, 0.2) is 206 Å². The number of hydrogen-bond acceptors (Lipinski definition) is 3. The van der Waals surface area contributed by atoms with Crippen LogP contribution in [0, 0.1) is 0 Å². The summed E-state index contributed by atoms with van der Waals surface area (Å²) in [5.74, 6) is 0. The molecule has 0 unspecified atom stereocenters. The normalized spacial score (nSPS) is 13.4. The Bertz CT molecular complexity index is 3770. The molecule has 9 aromatic carbocycles. The fraction of sp³-hybridized carbons (Fsp3) is 0.222. The number of nitrogens with zero attached hydrogens (tertiary/aromatic N) is 3. The minimum absolute atomic E-state index is 0.00351. The molecule has 0 saturated carbocycles. The van der Waals surface area contributed by atoms with Crippen LogP contribution in [0.4, 0.5) is 51.2 Å². The Morgan fingerprint density at radius 3 is 1.35 bits per heavy atom. The monoisotopic (exact) mass is 1070 g/mol. The van der Waals surface area contributed by atoms with Gasteiger partial charge >= 0.3 is 426 Å². The van der Waals surface area contributed by atoms with Crippen molar-refractivity contribution in [3.63, 3.8) is 0 Å². The molecule has 0 N–H and O–H groups in total. The van der Waals surface area contributed by atoms with Gasteiger partial charge in [0.2, 0.25) is 0 Å². The molecule has 0 aliphatic carbocycles. The van der Waals surface area contributed by atoms with Gasteiger partial charge in [0, 0.05) is 0 Å². The maximum absolute atomic E-state index is 2.62. The van der Waals surface area contributed by atoms with Gasteiger partial charge in [0.1, 0.15) is 0 Å². The average Bonchev–Trinajstić information content (AvgIpc) is 4.07. The molecule has 0 spiro atoms. The molecule has 382 valence electrons. The second kappa shape index (κ2) is 18.7. The van der Waals surface area contributed by atoms with Gasteiger partial charge in [-0.15, -0.1) is 0 Å². The van der Waals surface area contributed by atoms with Crippen molar-refractivity contribution in [1.29, 1.82) is 0 Å². The van der Waals surface area contributed by atoms with E-state index < -0.39 is 0 Å². The Morgan fingerprint density at radius 1 is 0.377 bits per heavy atom. The molecular formula is C72H70BN3Se. The van der Waals surface area contributed by atoms with E-state index in [1.807, 2.05) is 0 Å². The third-order valence-corrected chi connectivity index (χ3v) is 18.7. The zero-order valence-electron chi connectivity index (χ0n) is 47.0. The van der Waals surface area contributed by atoms with Crippen LogP contribution in [0.3, 0.4) is 0 Å². The van der Waals surface area contributed by atoms with Crippen LogP contribution in [0.2, 0.25) is 0 Å². The quantitative estimate of drug-likeness (QED) is 0.147. The second-order valence-corrected chi connectivity index (χ2v) is 27.8. The first-order valence-corrected chi connectivity index (χ1v) is 29.2. The summed E-state index contributed by atoms with van der Waals surface area (Å²) in [5, 5.41) is 1.33. The van der Waals surface area contributed by atoms with Crippen molar-refractivity contribution in [2.45, 2.75) is 105 Å². The predicted octanol–water partition coefficient (Wildman–Crippen LogP) is 18.0. The van der Waals surface area contributed by atoms with Gasteiger partial charge in [-0.05, 0) is 0 Å². The van der Waals surface area contributed by atoms with Crippen LogP contribution in [0.5, 0.6) is 0 Å². The first-order chi connectivity index (χ1) is 36.7. The maximum atomic E-state index is 2.62. The molecular weight excluding hydrogens is 997 g/mol. The number of benzene rings is 9. The van der Waals surface area contributed by atoms with Crippen LogP contribution in [0.1, 0.15) is 105 Å². The molecule has 0 fully saturated rings. The van der Waals surface area contributed by atoms with E-state index in [1.165, 1.54) is 97.9 Å². The zero-order valence-corrected chi connectivity index (χ0v) is 48.7. The Labute approximate surface area is 464 Å². The molecule has 2 aliphatic rings. The summed E-state index contributed by atoms with van der Waals surface area (Å²) in [6.07, 6.45) is 0. The van der Waals surface area contributed by atoms with Crippen molar-refractivity contribution in [2.75, 3.05) is 14.7 Å². The first-order valence-electron chi connectivity index (χ1n) is 27.5. The Kier molecular flexibility index (Phi) is 12.3. The first kappa shape index (κ1) is 50.5. The van der Waals surface area contributed by atoms with Crippen molar-refractivity contribution in [3.8, 4) is 22.3 Å². The van der Waals surface area contributed by atoms with Gasteiger partial charge in [0.05, 0.1) is 0 Å². The Hall–Kier alpha value is -7.30. The van der Waals surface area contributed by atoms with E-state index in [4.69, 9.17) is 0 Å². The topological polar surface area (TPSA) is 9.72 Å². The van der Waals surface area contributed by atoms with E-state index in [0.717, 1.165) is 22.7 Å². The molecule has 2 aliphatic heterocycles. The molecule has 5 heteroatoms. The minimum atomic E-state index is 0.00351. The van der Waals surface area contributed by atoms with Crippen molar-refractivity contribution >= 4 is 97.3 Å². The van der Waals surface area contributed by atoms with Crippen LogP contribution in [0.25, 0.3) is 31.9 Å². The molecule has 0 saturated heterocycles.